The first-order valence-corrected chi connectivity index (χ1v) is 11.3. The van der Waals surface area contributed by atoms with Crippen LogP contribution in [0, 0.1) is 19.8 Å². The Morgan fingerprint density at radius 2 is 1.93 bits per heavy atom. The number of nitrogens with one attached hydrogen (secondary N) is 1. The standard InChI is InChI=1S/C26H36N2O2/c1-6-24(30-25-16-18(2)9-10-20(25)4)26(29)27-21(5)22-11-13-23(14-12-22)28-15-7-8-19(3)17-28/h9-14,16,19,21,24H,6-8,15,17H2,1-5H3,(H,27,29)/t19-,21-,24-/m1/s1. The van der Waals surface area contributed by atoms with Gasteiger partial charge in [-0.2, -0.15) is 0 Å². The van der Waals surface area contributed by atoms with Crippen LogP contribution in [0.15, 0.2) is 42.5 Å². The zero-order valence-corrected chi connectivity index (χ0v) is 19.1. The van der Waals surface area contributed by atoms with Gasteiger partial charge in [0.2, 0.25) is 0 Å². The van der Waals surface area contributed by atoms with Crippen molar-refractivity contribution in [2.24, 2.45) is 5.92 Å². The zero-order valence-electron chi connectivity index (χ0n) is 19.1. The van der Waals surface area contributed by atoms with Gasteiger partial charge in [0.15, 0.2) is 6.10 Å². The van der Waals surface area contributed by atoms with E-state index in [-0.39, 0.29) is 11.9 Å². The van der Waals surface area contributed by atoms with Crippen LogP contribution in [0.5, 0.6) is 5.75 Å². The van der Waals surface area contributed by atoms with Crippen LogP contribution in [0.3, 0.4) is 0 Å². The van der Waals surface area contributed by atoms with Crippen molar-refractivity contribution in [2.45, 2.75) is 66.0 Å². The Morgan fingerprint density at radius 3 is 2.60 bits per heavy atom. The number of ether oxygens (including phenoxy) is 1. The largest absolute Gasteiger partial charge is 0.480 e. The molecule has 0 aromatic heterocycles. The van der Waals surface area contributed by atoms with Crippen molar-refractivity contribution in [3.8, 4) is 5.75 Å². The smallest absolute Gasteiger partial charge is 0.261 e. The van der Waals surface area contributed by atoms with Gasteiger partial charge >= 0.3 is 0 Å². The van der Waals surface area contributed by atoms with E-state index in [0.29, 0.717) is 6.42 Å². The normalized spacial score (nSPS) is 18.6. The van der Waals surface area contributed by atoms with Crippen LogP contribution < -0.4 is 15.0 Å². The van der Waals surface area contributed by atoms with Crippen molar-refractivity contribution < 1.29 is 9.53 Å². The number of carbonyl (C=O) groups excluding carboxylic acids is 1. The summed E-state index contributed by atoms with van der Waals surface area (Å²) in [5.74, 6) is 1.46. The quantitative estimate of drug-likeness (QED) is 0.651. The van der Waals surface area contributed by atoms with Gasteiger partial charge in [0.1, 0.15) is 5.75 Å². The van der Waals surface area contributed by atoms with Gasteiger partial charge in [-0.1, -0.05) is 38.1 Å². The third kappa shape index (κ3) is 5.56. The number of nitrogens with zero attached hydrogens (tertiary/aromatic N) is 1. The lowest BCUT2D eigenvalue weighted by molar-refractivity contribution is -0.128. The van der Waals surface area contributed by atoms with E-state index in [1.54, 1.807) is 0 Å². The fourth-order valence-electron chi connectivity index (χ4n) is 4.10. The van der Waals surface area contributed by atoms with Crippen molar-refractivity contribution in [3.05, 3.63) is 59.2 Å². The highest BCUT2D eigenvalue weighted by molar-refractivity contribution is 5.81. The van der Waals surface area contributed by atoms with Gasteiger partial charge < -0.3 is 15.0 Å². The number of aryl methyl sites for hydroxylation is 2. The maximum Gasteiger partial charge on any atom is 0.261 e. The van der Waals surface area contributed by atoms with Crippen LogP contribution >= 0.6 is 0 Å². The molecule has 1 heterocycles. The molecule has 0 aliphatic carbocycles. The van der Waals surface area contributed by atoms with Crippen LogP contribution in [0.25, 0.3) is 0 Å². The number of rotatable bonds is 7. The van der Waals surface area contributed by atoms with E-state index in [1.165, 1.54) is 18.5 Å². The second-order valence-corrected chi connectivity index (χ2v) is 8.80. The van der Waals surface area contributed by atoms with E-state index >= 15 is 0 Å². The van der Waals surface area contributed by atoms with Crippen molar-refractivity contribution in [2.75, 3.05) is 18.0 Å². The molecule has 2 aromatic rings. The first-order chi connectivity index (χ1) is 14.4. The molecule has 1 aliphatic rings. The Bertz CT molecular complexity index is 847. The molecule has 1 fully saturated rings. The molecule has 162 valence electrons. The van der Waals surface area contributed by atoms with Gasteiger partial charge in [-0.15, -0.1) is 0 Å². The maximum absolute atomic E-state index is 12.9. The number of hydrogen-bond donors (Lipinski definition) is 1. The fourth-order valence-corrected chi connectivity index (χ4v) is 4.10. The maximum atomic E-state index is 12.9. The predicted molar refractivity (Wildman–Crippen MR) is 124 cm³/mol. The summed E-state index contributed by atoms with van der Waals surface area (Å²) < 4.78 is 6.06. The first kappa shape index (κ1) is 22.2. The lowest BCUT2D eigenvalue weighted by Crippen LogP contribution is -2.39. The van der Waals surface area contributed by atoms with E-state index in [4.69, 9.17) is 4.74 Å². The van der Waals surface area contributed by atoms with Crippen molar-refractivity contribution in [1.29, 1.82) is 0 Å². The van der Waals surface area contributed by atoms with Crippen LogP contribution in [0.4, 0.5) is 5.69 Å². The molecule has 0 radical (unpaired) electrons. The minimum Gasteiger partial charge on any atom is -0.480 e. The topological polar surface area (TPSA) is 41.6 Å². The number of piperidine rings is 1. The van der Waals surface area contributed by atoms with Gasteiger partial charge in [0.05, 0.1) is 6.04 Å². The Balaban J connectivity index is 1.61. The third-order valence-electron chi connectivity index (χ3n) is 6.05. The molecule has 3 rings (SSSR count). The molecule has 1 amide bonds. The molecule has 2 aromatic carbocycles. The van der Waals surface area contributed by atoms with E-state index in [1.807, 2.05) is 39.8 Å². The molecule has 0 spiro atoms. The van der Waals surface area contributed by atoms with Crippen molar-refractivity contribution in [3.63, 3.8) is 0 Å². The summed E-state index contributed by atoms with van der Waals surface area (Å²) in [4.78, 5) is 15.3. The van der Waals surface area contributed by atoms with Gasteiger partial charge in [-0.25, -0.2) is 0 Å². The van der Waals surface area contributed by atoms with Gasteiger partial charge in [0, 0.05) is 18.8 Å². The molecular formula is C26H36N2O2. The summed E-state index contributed by atoms with van der Waals surface area (Å²) in [7, 11) is 0. The second-order valence-electron chi connectivity index (χ2n) is 8.80. The molecule has 1 aliphatic heterocycles. The summed E-state index contributed by atoms with van der Waals surface area (Å²) in [5, 5.41) is 3.13. The highest BCUT2D eigenvalue weighted by atomic mass is 16.5. The molecule has 4 nitrogen and oxygen atoms in total. The molecule has 1 saturated heterocycles. The minimum atomic E-state index is -0.498. The number of anilines is 1. The Morgan fingerprint density at radius 1 is 1.20 bits per heavy atom. The SMILES string of the molecule is CC[C@@H](Oc1cc(C)ccc1C)C(=O)N[C@H](C)c1ccc(N2CCC[C@@H](C)C2)cc1. The molecule has 0 saturated carbocycles. The van der Waals surface area contributed by atoms with E-state index in [0.717, 1.165) is 41.4 Å². The highest BCUT2D eigenvalue weighted by Gasteiger charge is 2.22. The second kappa shape index (κ2) is 10.0. The lowest BCUT2D eigenvalue weighted by atomic mass is 9.99. The molecule has 3 atom stereocenters. The van der Waals surface area contributed by atoms with E-state index < -0.39 is 6.10 Å². The summed E-state index contributed by atoms with van der Waals surface area (Å²) in [6, 6.07) is 14.6. The fraction of sp³-hybridized carbons (Fsp3) is 0.500. The monoisotopic (exact) mass is 408 g/mol. The summed E-state index contributed by atoms with van der Waals surface area (Å²) in [5.41, 5.74) is 4.55. The predicted octanol–water partition coefficient (Wildman–Crippen LogP) is 5.57. The molecule has 4 heteroatoms. The van der Waals surface area contributed by atoms with Crippen LogP contribution in [-0.2, 0) is 4.79 Å². The Labute approximate surface area is 181 Å². The zero-order chi connectivity index (χ0) is 21.7. The van der Waals surface area contributed by atoms with Crippen molar-refractivity contribution >= 4 is 11.6 Å². The van der Waals surface area contributed by atoms with Gasteiger partial charge in [0.25, 0.3) is 5.91 Å². The lowest BCUT2D eigenvalue weighted by Gasteiger charge is -2.33. The Hall–Kier alpha value is -2.49. The number of amides is 1. The third-order valence-corrected chi connectivity index (χ3v) is 6.05. The summed E-state index contributed by atoms with van der Waals surface area (Å²) >= 11 is 0. The average molecular weight is 409 g/mol. The molecular weight excluding hydrogens is 372 g/mol. The average Bonchev–Trinajstić information content (AvgIpc) is 2.74. The van der Waals surface area contributed by atoms with Gasteiger partial charge in [-0.05, 0) is 80.8 Å². The van der Waals surface area contributed by atoms with Crippen LogP contribution in [0.1, 0.15) is 62.8 Å². The molecule has 30 heavy (non-hydrogen) atoms. The Kier molecular flexibility index (Phi) is 7.41. The molecule has 0 bridgehead atoms. The molecule has 0 unspecified atom stereocenters. The highest BCUT2D eigenvalue weighted by Crippen LogP contribution is 2.25. The first-order valence-electron chi connectivity index (χ1n) is 11.3. The van der Waals surface area contributed by atoms with Crippen LogP contribution in [0.2, 0.25) is 0 Å². The summed E-state index contributed by atoms with van der Waals surface area (Å²) in [6.45, 7) is 12.6. The number of benzene rings is 2. The van der Waals surface area contributed by atoms with E-state index in [2.05, 4.69) is 47.5 Å². The minimum absolute atomic E-state index is 0.0666. The molecule has 1 N–H and O–H groups in total. The number of hydrogen-bond acceptors (Lipinski definition) is 3. The van der Waals surface area contributed by atoms with Gasteiger partial charge in [-0.3, -0.25) is 4.79 Å². The van der Waals surface area contributed by atoms with E-state index in [9.17, 15) is 4.79 Å². The summed E-state index contributed by atoms with van der Waals surface area (Å²) in [6.07, 6.45) is 2.70. The van der Waals surface area contributed by atoms with Crippen molar-refractivity contribution in [1.82, 2.24) is 5.32 Å². The number of carbonyl (C=O) groups is 1. The van der Waals surface area contributed by atoms with Crippen LogP contribution in [-0.4, -0.2) is 25.1 Å².